The van der Waals surface area contributed by atoms with E-state index in [2.05, 4.69) is 5.16 Å². The number of anilines is 1. The molecule has 0 aliphatic rings. The summed E-state index contributed by atoms with van der Waals surface area (Å²) in [6.07, 6.45) is 0. The number of hydrogen-bond acceptors (Lipinski definition) is 4. The van der Waals surface area contributed by atoms with E-state index < -0.39 is 0 Å². The van der Waals surface area contributed by atoms with Gasteiger partial charge in [0.1, 0.15) is 11.5 Å². The molecule has 1 aromatic carbocycles. The predicted octanol–water partition coefficient (Wildman–Crippen LogP) is 2.21. The van der Waals surface area contributed by atoms with Gasteiger partial charge in [0.05, 0.1) is 12.2 Å². The molecule has 0 saturated carbocycles. The number of aromatic nitrogens is 1. The molecule has 0 fully saturated rings. The summed E-state index contributed by atoms with van der Waals surface area (Å²) in [5.41, 5.74) is 7.42. The van der Waals surface area contributed by atoms with Crippen LogP contribution in [0.15, 0.2) is 28.8 Å². The Morgan fingerprint density at radius 3 is 3.00 bits per heavy atom. The highest BCUT2D eigenvalue weighted by molar-refractivity contribution is 5.74. The van der Waals surface area contributed by atoms with Gasteiger partial charge in [-0.3, -0.25) is 0 Å². The van der Waals surface area contributed by atoms with E-state index in [1.807, 2.05) is 0 Å². The summed E-state index contributed by atoms with van der Waals surface area (Å²) in [4.78, 5) is 0. The Kier molecular flexibility index (Phi) is 2.87. The van der Waals surface area contributed by atoms with Crippen molar-refractivity contribution in [2.75, 3.05) is 12.8 Å². The van der Waals surface area contributed by atoms with Gasteiger partial charge in [-0.25, -0.2) is 4.39 Å². The van der Waals surface area contributed by atoms with E-state index in [1.165, 1.54) is 12.1 Å². The SMILES string of the molecule is COCc1noc(N)c1-c1cccc(F)c1. The summed E-state index contributed by atoms with van der Waals surface area (Å²) in [5.74, 6) is -0.167. The minimum absolute atomic E-state index is 0.164. The Labute approximate surface area is 91.8 Å². The predicted molar refractivity (Wildman–Crippen MR) is 57.0 cm³/mol. The van der Waals surface area contributed by atoms with Crippen molar-refractivity contribution in [1.29, 1.82) is 0 Å². The zero-order valence-electron chi connectivity index (χ0n) is 8.74. The Bertz CT molecular complexity index is 496. The highest BCUT2D eigenvalue weighted by Crippen LogP contribution is 2.30. The molecule has 5 heteroatoms. The van der Waals surface area contributed by atoms with Gasteiger partial charge in [-0.05, 0) is 17.7 Å². The molecule has 1 heterocycles. The molecule has 0 bridgehead atoms. The van der Waals surface area contributed by atoms with E-state index in [-0.39, 0.29) is 18.3 Å². The molecule has 0 radical (unpaired) electrons. The maximum absolute atomic E-state index is 13.1. The second-order valence-electron chi connectivity index (χ2n) is 3.31. The number of rotatable bonds is 3. The molecule has 0 unspecified atom stereocenters. The zero-order valence-corrected chi connectivity index (χ0v) is 8.74. The average Bonchev–Trinajstić information content (AvgIpc) is 2.60. The van der Waals surface area contributed by atoms with Gasteiger partial charge in [0.15, 0.2) is 0 Å². The molecule has 2 N–H and O–H groups in total. The first-order valence-corrected chi connectivity index (χ1v) is 4.71. The van der Waals surface area contributed by atoms with Gasteiger partial charge in [-0.1, -0.05) is 17.3 Å². The molecule has 0 saturated heterocycles. The van der Waals surface area contributed by atoms with E-state index in [4.69, 9.17) is 15.0 Å². The fourth-order valence-corrected chi connectivity index (χ4v) is 1.53. The number of ether oxygens (including phenoxy) is 1. The number of benzene rings is 1. The second kappa shape index (κ2) is 4.32. The minimum Gasteiger partial charge on any atom is -0.378 e. The van der Waals surface area contributed by atoms with Crippen LogP contribution < -0.4 is 5.73 Å². The number of nitrogen functional groups attached to an aromatic ring is 1. The standard InChI is InChI=1S/C11H11FN2O2/c1-15-6-9-10(11(13)16-14-9)7-3-2-4-8(12)5-7/h2-5H,6,13H2,1H3. The number of nitrogens with zero attached hydrogens (tertiary/aromatic N) is 1. The first kappa shape index (κ1) is 10.6. The van der Waals surface area contributed by atoms with Crippen LogP contribution in [0, 0.1) is 5.82 Å². The van der Waals surface area contributed by atoms with E-state index in [0.29, 0.717) is 16.8 Å². The summed E-state index contributed by atoms with van der Waals surface area (Å²) in [5, 5.41) is 3.76. The normalized spacial score (nSPS) is 10.6. The first-order valence-electron chi connectivity index (χ1n) is 4.71. The lowest BCUT2D eigenvalue weighted by atomic mass is 10.1. The molecule has 16 heavy (non-hydrogen) atoms. The summed E-state index contributed by atoms with van der Waals surface area (Å²) in [6.45, 7) is 0.270. The second-order valence-corrected chi connectivity index (χ2v) is 3.31. The Hall–Kier alpha value is -1.88. The quantitative estimate of drug-likeness (QED) is 0.864. The van der Waals surface area contributed by atoms with Crippen LogP contribution in [-0.4, -0.2) is 12.3 Å². The van der Waals surface area contributed by atoms with Crippen molar-refractivity contribution >= 4 is 5.88 Å². The van der Waals surface area contributed by atoms with Crippen LogP contribution in [0.25, 0.3) is 11.1 Å². The molecule has 0 aliphatic carbocycles. The summed E-state index contributed by atoms with van der Waals surface area (Å²) >= 11 is 0. The molecule has 2 rings (SSSR count). The van der Waals surface area contributed by atoms with Gasteiger partial charge in [0.25, 0.3) is 0 Å². The summed E-state index contributed by atoms with van der Waals surface area (Å²) < 4.78 is 22.9. The number of hydrogen-bond donors (Lipinski definition) is 1. The third-order valence-electron chi connectivity index (χ3n) is 2.18. The number of halogens is 1. The Morgan fingerprint density at radius 2 is 2.31 bits per heavy atom. The van der Waals surface area contributed by atoms with Crippen LogP contribution in [0.1, 0.15) is 5.69 Å². The Morgan fingerprint density at radius 1 is 1.50 bits per heavy atom. The van der Waals surface area contributed by atoms with Gasteiger partial charge in [0.2, 0.25) is 5.88 Å². The number of methoxy groups -OCH3 is 1. The molecule has 0 amide bonds. The van der Waals surface area contributed by atoms with E-state index >= 15 is 0 Å². The van der Waals surface area contributed by atoms with Gasteiger partial charge in [-0.15, -0.1) is 0 Å². The van der Waals surface area contributed by atoms with Crippen LogP contribution in [0.4, 0.5) is 10.3 Å². The molecule has 2 aromatic rings. The molecule has 1 aromatic heterocycles. The first-order chi connectivity index (χ1) is 7.72. The Balaban J connectivity index is 2.50. The average molecular weight is 222 g/mol. The minimum atomic E-state index is -0.332. The molecule has 84 valence electrons. The van der Waals surface area contributed by atoms with E-state index in [1.54, 1.807) is 19.2 Å². The van der Waals surface area contributed by atoms with Crippen molar-refractivity contribution in [3.8, 4) is 11.1 Å². The lowest BCUT2D eigenvalue weighted by Gasteiger charge is -2.01. The van der Waals surface area contributed by atoms with Crippen molar-refractivity contribution in [2.45, 2.75) is 6.61 Å². The van der Waals surface area contributed by atoms with Crippen LogP contribution in [-0.2, 0) is 11.3 Å². The van der Waals surface area contributed by atoms with Crippen LogP contribution >= 0.6 is 0 Å². The van der Waals surface area contributed by atoms with Crippen molar-refractivity contribution in [3.05, 3.63) is 35.8 Å². The van der Waals surface area contributed by atoms with Crippen molar-refractivity contribution < 1.29 is 13.7 Å². The summed E-state index contributed by atoms with van der Waals surface area (Å²) in [7, 11) is 1.54. The molecule has 0 aliphatic heterocycles. The molecule has 0 atom stereocenters. The van der Waals surface area contributed by atoms with Crippen LogP contribution in [0.5, 0.6) is 0 Å². The molecular weight excluding hydrogens is 211 g/mol. The molecular formula is C11H11FN2O2. The third kappa shape index (κ3) is 1.90. The zero-order chi connectivity index (χ0) is 11.5. The topological polar surface area (TPSA) is 61.3 Å². The van der Waals surface area contributed by atoms with Gasteiger partial charge < -0.3 is 15.0 Å². The molecule has 4 nitrogen and oxygen atoms in total. The summed E-state index contributed by atoms with van der Waals surface area (Å²) in [6, 6.07) is 6.09. The smallest absolute Gasteiger partial charge is 0.230 e. The van der Waals surface area contributed by atoms with Gasteiger partial charge in [0, 0.05) is 7.11 Å². The fraction of sp³-hybridized carbons (Fsp3) is 0.182. The van der Waals surface area contributed by atoms with Crippen LogP contribution in [0.2, 0.25) is 0 Å². The largest absolute Gasteiger partial charge is 0.378 e. The fourth-order valence-electron chi connectivity index (χ4n) is 1.53. The highest BCUT2D eigenvalue weighted by Gasteiger charge is 2.15. The van der Waals surface area contributed by atoms with Crippen molar-refractivity contribution in [3.63, 3.8) is 0 Å². The maximum Gasteiger partial charge on any atom is 0.230 e. The van der Waals surface area contributed by atoms with Crippen LogP contribution in [0.3, 0.4) is 0 Å². The maximum atomic E-state index is 13.1. The van der Waals surface area contributed by atoms with E-state index in [0.717, 1.165) is 0 Å². The van der Waals surface area contributed by atoms with Gasteiger partial charge >= 0.3 is 0 Å². The highest BCUT2D eigenvalue weighted by atomic mass is 19.1. The lowest BCUT2D eigenvalue weighted by molar-refractivity contribution is 0.178. The third-order valence-corrected chi connectivity index (χ3v) is 2.18. The lowest BCUT2D eigenvalue weighted by Crippen LogP contribution is -1.93. The van der Waals surface area contributed by atoms with E-state index in [9.17, 15) is 4.39 Å². The van der Waals surface area contributed by atoms with Crippen molar-refractivity contribution in [1.82, 2.24) is 5.16 Å². The molecule has 0 spiro atoms. The monoisotopic (exact) mass is 222 g/mol. The van der Waals surface area contributed by atoms with Gasteiger partial charge in [-0.2, -0.15) is 0 Å². The number of nitrogens with two attached hydrogens (primary N) is 1. The van der Waals surface area contributed by atoms with Crippen molar-refractivity contribution in [2.24, 2.45) is 0 Å².